The van der Waals surface area contributed by atoms with Gasteiger partial charge >= 0.3 is 0 Å². The highest BCUT2D eigenvalue weighted by Crippen LogP contribution is 2.16. The molecule has 1 aliphatic rings. The van der Waals surface area contributed by atoms with Gasteiger partial charge < -0.3 is 10.2 Å². The minimum atomic E-state index is 0.579. The fourth-order valence-corrected chi connectivity index (χ4v) is 2.66. The van der Waals surface area contributed by atoms with Gasteiger partial charge in [0, 0.05) is 25.2 Å². The van der Waals surface area contributed by atoms with E-state index in [-0.39, 0.29) is 0 Å². The maximum absolute atomic E-state index is 3.65. The molecule has 1 N–H and O–H groups in total. The lowest BCUT2D eigenvalue weighted by Gasteiger charge is -2.38. The minimum Gasteiger partial charge on any atom is -0.311 e. The summed E-state index contributed by atoms with van der Waals surface area (Å²) < 4.78 is 0. The van der Waals surface area contributed by atoms with Crippen molar-refractivity contribution in [3.8, 4) is 0 Å². The quantitative estimate of drug-likeness (QED) is 0.840. The van der Waals surface area contributed by atoms with Crippen molar-refractivity contribution >= 4 is 0 Å². The lowest BCUT2D eigenvalue weighted by atomic mass is 9.94. The number of hydrogen-bond acceptors (Lipinski definition) is 2. The number of hydrogen-bond donors (Lipinski definition) is 1. The monoisotopic (exact) mass is 232 g/mol. The van der Waals surface area contributed by atoms with Crippen LogP contribution in [0.1, 0.15) is 23.6 Å². The van der Waals surface area contributed by atoms with Crippen molar-refractivity contribution in [1.82, 2.24) is 10.2 Å². The molecule has 1 saturated heterocycles. The van der Waals surface area contributed by atoms with Crippen molar-refractivity contribution < 1.29 is 0 Å². The maximum Gasteiger partial charge on any atom is 0.0261 e. The molecule has 2 unspecified atom stereocenters. The second-order valence-electron chi connectivity index (χ2n) is 5.42. The summed E-state index contributed by atoms with van der Waals surface area (Å²) in [5, 5.41) is 3.65. The molecule has 0 spiro atoms. The van der Waals surface area contributed by atoms with Gasteiger partial charge in [-0.2, -0.15) is 0 Å². The summed E-state index contributed by atoms with van der Waals surface area (Å²) in [5.41, 5.74) is 4.26. The summed E-state index contributed by atoms with van der Waals surface area (Å²) in [4.78, 5) is 2.45. The van der Waals surface area contributed by atoms with E-state index in [0.717, 1.165) is 19.5 Å². The maximum atomic E-state index is 3.65. The van der Waals surface area contributed by atoms with Gasteiger partial charge in [0.05, 0.1) is 0 Å². The van der Waals surface area contributed by atoms with Gasteiger partial charge in [-0.05, 0) is 45.4 Å². The predicted molar refractivity (Wildman–Crippen MR) is 73.5 cm³/mol. The molecule has 94 valence electrons. The van der Waals surface area contributed by atoms with Gasteiger partial charge in [-0.1, -0.05) is 23.8 Å². The zero-order valence-corrected chi connectivity index (χ0v) is 11.5. The highest BCUT2D eigenvalue weighted by molar-refractivity contribution is 5.31. The molecule has 1 aliphatic heterocycles. The Morgan fingerprint density at radius 2 is 2.12 bits per heavy atom. The molecule has 1 heterocycles. The van der Waals surface area contributed by atoms with E-state index in [4.69, 9.17) is 0 Å². The van der Waals surface area contributed by atoms with Crippen LogP contribution >= 0.6 is 0 Å². The molecule has 0 radical (unpaired) electrons. The van der Waals surface area contributed by atoms with Crippen LogP contribution in [0, 0.1) is 13.8 Å². The molecule has 2 atom stereocenters. The molecule has 2 rings (SSSR count). The van der Waals surface area contributed by atoms with Crippen LogP contribution in [-0.2, 0) is 6.42 Å². The average molecular weight is 232 g/mol. The van der Waals surface area contributed by atoms with E-state index < -0.39 is 0 Å². The zero-order valence-electron chi connectivity index (χ0n) is 11.5. The van der Waals surface area contributed by atoms with Crippen LogP contribution in [0.15, 0.2) is 18.2 Å². The fraction of sp³-hybridized carbons (Fsp3) is 0.600. The number of aryl methyl sites for hydroxylation is 2. The van der Waals surface area contributed by atoms with Crippen molar-refractivity contribution in [2.24, 2.45) is 0 Å². The second-order valence-corrected chi connectivity index (χ2v) is 5.42. The van der Waals surface area contributed by atoms with Crippen molar-refractivity contribution in [2.45, 2.75) is 39.3 Å². The molecule has 1 aromatic carbocycles. The molecule has 0 saturated carbocycles. The molecular weight excluding hydrogens is 208 g/mol. The lowest BCUT2D eigenvalue weighted by molar-refractivity contribution is 0.163. The van der Waals surface area contributed by atoms with Crippen LogP contribution in [0.2, 0.25) is 0 Å². The van der Waals surface area contributed by atoms with Crippen molar-refractivity contribution in [1.29, 1.82) is 0 Å². The topological polar surface area (TPSA) is 15.3 Å². The third-order valence-electron chi connectivity index (χ3n) is 4.09. The van der Waals surface area contributed by atoms with Crippen LogP contribution < -0.4 is 5.32 Å². The molecule has 0 amide bonds. The summed E-state index contributed by atoms with van der Waals surface area (Å²) in [6.07, 6.45) is 1.14. The fourth-order valence-electron chi connectivity index (χ4n) is 2.66. The minimum absolute atomic E-state index is 0.579. The van der Waals surface area contributed by atoms with Gasteiger partial charge in [-0.25, -0.2) is 0 Å². The van der Waals surface area contributed by atoms with Gasteiger partial charge in [-0.15, -0.1) is 0 Å². The van der Waals surface area contributed by atoms with E-state index in [2.05, 4.69) is 56.2 Å². The Labute approximate surface area is 105 Å². The van der Waals surface area contributed by atoms with Crippen LogP contribution in [0.5, 0.6) is 0 Å². The van der Waals surface area contributed by atoms with Crippen molar-refractivity contribution in [3.63, 3.8) is 0 Å². The lowest BCUT2D eigenvalue weighted by Crippen LogP contribution is -2.55. The first-order valence-corrected chi connectivity index (χ1v) is 6.57. The second kappa shape index (κ2) is 5.19. The Morgan fingerprint density at radius 3 is 2.82 bits per heavy atom. The molecule has 0 bridgehead atoms. The number of piperazine rings is 1. The Hall–Kier alpha value is -0.860. The van der Waals surface area contributed by atoms with Crippen molar-refractivity contribution in [2.75, 3.05) is 20.1 Å². The highest BCUT2D eigenvalue weighted by Gasteiger charge is 2.25. The summed E-state index contributed by atoms with van der Waals surface area (Å²) >= 11 is 0. The normalized spacial score (nSPS) is 26.1. The number of nitrogens with one attached hydrogen (secondary N) is 1. The standard InChI is InChI=1S/C15H24N2/c1-11-5-6-14(12(2)9-11)10-15-13(3)17(4)8-7-16-15/h5-6,9,13,15-16H,7-8,10H2,1-4H3. The number of rotatable bonds is 2. The van der Waals surface area contributed by atoms with E-state index in [1.54, 1.807) is 0 Å². The smallest absolute Gasteiger partial charge is 0.0261 e. The van der Waals surface area contributed by atoms with Crippen LogP contribution in [0.3, 0.4) is 0 Å². The van der Waals surface area contributed by atoms with Gasteiger partial charge in [0.25, 0.3) is 0 Å². The Kier molecular flexibility index (Phi) is 3.85. The highest BCUT2D eigenvalue weighted by atomic mass is 15.2. The third kappa shape index (κ3) is 2.88. The molecule has 2 heteroatoms. The SMILES string of the molecule is Cc1ccc(CC2NCCN(C)C2C)c(C)c1. The Bertz CT molecular complexity index is 387. The summed E-state index contributed by atoms with van der Waals surface area (Å²) in [6.45, 7) is 8.97. The molecule has 0 aromatic heterocycles. The van der Waals surface area contributed by atoms with Gasteiger partial charge in [0.2, 0.25) is 0 Å². The van der Waals surface area contributed by atoms with Gasteiger partial charge in [-0.3, -0.25) is 0 Å². The van der Waals surface area contributed by atoms with Crippen LogP contribution in [0.4, 0.5) is 0 Å². The van der Waals surface area contributed by atoms with Crippen LogP contribution in [0.25, 0.3) is 0 Å². The zero-order chi connectivity index (χ0) is 12.4. The molecule has 17 heavy (non-hydrogen) atoms. The molecule has 1 fully saturated rings. The average Bonchev–Trinajstić information content (AvgIpc) is 2.28. The number of benzene rings is 1. The first-order valence-electron chi connectivity index (χ1n) is 6.57. The Balaban J connectivity index is 2.09. The van der Waals surface area contributed by atoms with Crippen molar-refractivity contribution in [3.05, 3.63) is 34.9 Å². The van der Waals surface area contributed by atoms with Crippen LogP contribution in [-0.4, -0.2) is 37.1 Å². The Morgan fingerprint density at radius 1 is 1.35 bits per heavy atom. The number of likely N-dealkylation sites (N-methyl/N-ethyl adjacent to an activating group) is 1. The molecular formula is C15H24N2. The summed E-state index contributed by atoms with van der Waals surface area (Å²) in [5.74, 6) is 0. The largest absolute Gasteiger partial charge is 0.311 e. The summed E-state index contributed by atoms with van der Waals surface area (Å²) in [6, 6.07) is 7.99. The van der Waals surface area contributed by atoms with Gasteiger partial charge in [0.15, 0.2) is 0 Å². The van der Waals surface area contributed by atoms with E-state index in [1.807, 2.05) is 0 Å². The van der Waals surface area contributed by atoms with E-state index in [1.165, 1.54) is 16.7 Å². The molecule has 0 aliphatic carbocycles. The van der Waals surface area contributed by atoms with E-state index >= 15 is 0 Å². The predicted octanol–water partition coefficient (Wildman–Crippen LogP) is 2.14. The number of nitrogens with zero attached hydrogens (tertiary/aromatic N) is 1. The molecule has 1 aromatic rings. The summed E-state index contributed by atoms with van der Waals surface area (Å²) in [7, 11) is 2.22. The van der Waals surface area contributed by atoms with E-state index in [0.29, 0.717) is 12.1 Å². The molecule has 2 nitrogen and oxygen atoms in total. The third-order valence-corrected chi connectivity index (χ3v) is 4.09. The first-order chi connectivity index (χ1) is 8.08. The van der Waals surface area contributed by atoms with Gasteiger partial charge in [0.1, 0.15) is 0 Å². The first kappa shape index (κ1) is 12.6. The van der Waals surface area contributed by atoms with E-state index in [9.17, 15) is 0 Å².